The molecule has 182 valence electrons. The molecule has 2 aromatic heterocycles. The molecular weight excluding hydrogens is 465 g/mol. The first kappa shape index (κ1) is 24.1. The van der Waals surface area contributed by atoms with Crippen LogP contribution in [0.4, 0.5) is 5.82 Å². The minimum Gasteiger partial charge on any atom is -0.468 e. The summed E-state index contributed by atoms with van der Waals surface area (Å²) in [6.07, 6.45) is 3.23. The van der Waals surface area contributed by atoms with Gasteiger partial charge in [0.2, 0.25) is 0 Å². The van der Waals surface area contributed by atoms with E-state index in [4.69, 9.17) is 19.7 Å². The summed E-state index contributed by atoms with van der Waals surface area (Å²) in [7, 11) is -3.19. The number of hydrogen-bond acceptors (Lipinski definition) is 8. The van der Waals surface area contributed by atoms with Gasteiger partial charge in [0.25, 0.3) is 0 Å². The van der Waals surface area contributed by atoms with Crippen LogP contribution in [0.25, 0.3) is 10.9 Å². The van der Waals surface area contributed by atoms with Gasteiger partial charge in [-0.1, -0.05) is 18.2 Å². The zero-order valence-electron chi connectivity index (χ0n) is 18.4. The third kappa shape index (κ3) is 5.54. The van der Waals surface area contributed by atoms with Gasteiger partial charge in [-0.25, -0.2) is 14.4 Å². The fourth-order valence-electron chi connectivity index (χ4n) is 3.92. The average Bonchev–Trinajstić information content (AvgIpc) is 3.44. The van der Waals surface area contributed by atoms with Crippen LogP contribution < -0.4 is 16.5 Å². The number of para-hydroxylation sites is 1. The smallest absolute Gasteiger partial charge is 0.403 e. The molecule has 12 nitrogen and oxygen atoms in total. The van der Waals surface area contributed by atoms with Gasteiger partial charge in [0.15, 0.2) is 0 Å². The number of carbonyl (C=O) groups is 1. The molecule has 0 amide bonds. The van der Waals surface area contributed by atoms with E-state index in [0.29, 0.717) is 12.8 Å². The maximum absolute atomic E-state index is 12.7. The Morgan fingerprint density at radius 2 is 2.21 bits per heavy atom. The molecule has 0 radical (unpaired) electrons. The van der Waals surface area contributed by atoms with Gasteiger partial charge in [0.05, 0.1) is 19.8 Å². The van der Waals surface area contributed by atoms with Crippen molar-refractivity contribution < 1.29 is 28.3 Å². The molecule has 1 aliphatic rings. The van der Waals surface area contributed by atoms with Crippen molar-refractivity contribution in [3.05, 3.63) is 58.8 Å². The number of nitrogens with zero attached hydrogens (tertiary/aromatic N) is 2. The Bertz CT molecular complexity index is 1280. The van der Waals surface area contributed by atoms with E-state index in [-0.39, 0.29) is 18.8 Å². The second kappa shape index (κ2) is 10.1. The normalized spacial score (nSPS) is 20.8. The van der Waals surface area contributed by atoms with E-state index in [1.807, 2.05) is 24.3 Å². The number of esters is 1. The Morgan fingerprint density at radius 3 is 2.97 bits per heavy atom. The summed E-state index contributed by atoms with van der Waals surface area (Å²) in [4.78, 5) is 41.4. The highest BCUT2D eigenvalue weighted by atomic mass is 31.2. The second-order valence-corrected chi connectivity index (χ2v) is 9.47. The van der Waals surface area contributed by atoms with E-state index >= 15 is 0 Å². The lowest BCUT2D eigenvalue weighted by Crippen LogP contribution is -2.38. The lowest BCUT2D eigenvalue weighted by Gasteiger charge is -2.21. The monoisotopic (exact) mass is 491 g/mol. The predicted octanol–water partition coefficient (Wildman–Crippen LogP) is 1.48. The average molecular weight is 491 g/mol. The molecule has 3 heterocycles. The molecule has 13 heteroatoms. The van der Waals surface area contributed by atoms with Crippen LogP contribution in [-0.2, 0) is 29.8 Å². The number of nitrogens with one attached hydrogen (secondary N) is 2. The van der Waals surface area contributed by atoms with Gasteiger partial charge in [-0.05, 0) is 30.5 Å². The molecule has 0 aliphatic carbocycles. The number of hydrogen-bond donors (Lipinski definition) is 4. The molecule has 0 bridgehead atoms. The van der Waals surface area contributed by atoms with Crippen LogP contribution in [0.3, 0.4) is 0 Å². The van der Waals surface area contributed by atoms with Crippen LogP contribution in [0.2, 0.25) is 0 Å². The third-order valence-corrected chi connectivity index (χ3v) is 6.72. The molecule has 1 fully saturated rings. The molecule has 1 saturated heterocycles. The maximum atomic E-state index is 12.7. The van der Waals surface area contributed by atoms with Crippen LogP contribution >= 0.6 is 7.75 Å². The van der Waals surface area contributed by atoms with Gasteiger partial charge in [-0.15, -0.1) is 0 Å². The lowest BCUT2D eigenvalue weighted by atomic mass is 10.1. The fraction of sp³-hybridized carbons (Fsp3) is 0.381. The quantitative estimate of drug-likeness (QED) is 0.254. The van der Waals surface area contributed by atoms with Crippen LogP contribution in [-0.4, -0.2) is 51.3 Å². The molecule has 34 heavy (non-hydrogen) atoms. The largest absolute Gasteiger partial charge is 0.468 e. The minimum atomic E-state index is -4.39. The molecule has 3 aromatic rings. The molecule has 4 atom stereocenters. The highest BCUT2D eigenvalue weighted by Crippen LogP contribution is 2.40. The van der Waals surface area contributed by atoms with Gasteiger partial charge < -0.3 is 25.1 Å². The van der Waals surface area contributed by atoms with Crippen molar-refractivity contribution in [3.8, 4) is 0 Å². The molecule has 1 unspecified atom stereocenters. The van der Waals surface area contributed by atoms with Crippen molar-refractivity contribution in [3.63, 3.8) is 0 Å². The Labute approximate surface area is 194 Å². The number of benzene rings is 1. The highest BCUT2D eigenvalue weighted by Gasteiger charge is 2.34. The number of methoxy groups -OCH3 is 1. The van der Waals surface area contributed by atoms with Gasteiger partial charge >= 0.3 is 19.4 Å². The highest BCUT2D eigenvalue weighted by molar-refractivity contribution is 7.50. The van der Waals surface area contributed by atoms with Gasteiger partial charge in [-0.3, -0.25) is 13.9 Å². The van der Waals surface area contributed by atoms with E-state index in [9.17, 15) is 19.0 Å². The van der Waals surface area contributed by atoms with Crippen molar-refractivity contribution >= 4 is 30.4 Å². The molecule has 0 spiro atoms. The first-order chi connectivity index (χ1) is 16.3. The fourth-order valence-corrected chi connectivity index (χ4v) is 4.96. The van der Waals surface area contributed by atoms with Gasteiger partial charge in [-0.2, -0.15) is 4.98 Å². The number of aromatic nitrogens is 3. The van der Waals surface area contributed by atoms with E-state index in [1.165, 1.54) is 23.9 Å². The van der Waals surface area contributed by atoms with Crippen molar-refractivity contribution in [2.45, 2.75) is 37.6 Å². The van der Waals surface area contributed by atoms with Crippen molar-refractivity contribution in [1.82, 2.24) is 19.6 Å². The van der Waals surface area contributed by atoms with Gasteiger partial charge in [0, 0.05) is 29.7 Å². The SMILES string of the molecule is COC(=O)[C@H](Cc1c[nH]c2ccccc12)NP(=O)(O)OC[C@@H]1CC[C@H](n2ccc(N)nc2=O)O1. The topological polar surface area (TPSA) is 171 Å². The molecule has 1 aliphatic heterocycles. The minimum absolute atomic E-state index is 0.110. The van der Waals surface area contributed by atoms with Crippen LogP contribution in [0.1, 0.15) is 24.6 Å². The van der Waals surface area contributed by atoms with Crippen LogP contribution in [0, 0.1) is 0 Å². The lowest BCUT2D eigenvalue weighted by molar-refractivity contribution is -0.142. The number of anilines is 1. The number of rotatable bonds is 9. The maximum Gasteiger partial charge on any atom is 0.403 e. The standard InChI is InChI=1S/C21H26N5O7P/c1-31-20(27)17(10-13-11-23-16-5-3-2-4-15(13)16)25-34(29,30)32-12-14-6-7-19(33-14)26-9-8-18(22)24-21(26)28/h2-5,8-9,11,14,17,19,23H,6-7,10,12H2,1H3,(H2,22,24,28)(H2,25,29,30)/t14-,17-,19+/m0/s1. The zero-order valence-corrected chi connectivity index (χ0v) is 19.3. The van der Waals surface area contributed by atoms with E-state index < -0.39 is 37.8 Å². The molecule has 4 rings (SSSR count). The number of aromatic amines is 1. The summed E-state index contributed by atoms with van der Waals surface area (Å²) in [5.41, 5.74) is 6.62. The summed E-state index contributed by atoms with van der Waals surface area (Å²) in [5, 5.41) is 3.29. The first-order valence-electron chi connectivity index (χ1n) is 10.6. The van der Waals surface area contributed by atoms with Gasteiger partial charge in [0.1, 0.15) is 18.1 Å². The molecule has 5 N–H and O–H groups in total. The number of ether oxygens (including phenoxy) is 2. The first-order valence-corrected chi connectivity index (χ1v) is 12.2. The van der Waals surface area contributed by atoms with E-state index in [2.05, 4.69) is 15.1 Å². The number of carbonyl (C=O) groups excluding carboxylic acids is 1. The Morgan fingerprint density at radius 1 is 1.41 bits per heavy atom. The number of fused-ring (bicyclic) bond motifs is 1. The summed E-state index contributed by atoms with van der Waals surface area (Å²) in [5.74, 6) is -0.588. The molecule has 1 aromatic carbocycles. The summed E-state index contributed by atoms with van der Waals surface area (Å²) in [6.45, 7) is -0.213. The molecule has 0 saturated carbocycles. The Hall–Kier alpha value is -3.02. The van der Waals surface area contributed by atoms with Crippen molar-refractivity contribution in [2.75, 3.05) is 19.5 Å². The van der Waals surface area contributed by atoms with Crippen molar-refractivity contribution in [1.29, 1.82) is 0 Å². The predicted molar refractivity (Wildman–Crippen MR) is 123 cm³/mol. The van der Waals surface area contributed by atoms with Crippen LogP contribution in [0.15, 0.2) is 47.5 Å². The number of nitrogens with two attached hydrogens (primary N) is 1. The molecular formula is C21H26N5O7P. The second-order valence-electron chi connectivity index (χ2n) is 7.92. The summed E-state index contributed by atoms with van der Waals surface area (Å²) in [6, 6.07) is 7.90. The van der Waals surface area contributed by atoms with Crippen molar-refractivity contribution in [2.24, 2.45) is 0 Å². The Balaban J connectivity index is 1.37. The number of nitrogen functional groups attached to an aromatic ring is 1. The summed E-state index contributed by atoms with van der Waals surface area (Å²) >= 11 is 0. The zero-order chi connectivity index (χ0) is 24.3. The van der Waals surface area contributed by atoms with E-state index in [1.54, 1.807) is 6.20 Å². The third-order valence-electron chi connectivity index (χ3n) is 5.59. The number of H-pyrrole nitrogens is 1. The van der Waals surface area contributed by atoms with Crippen LogP contribution in [0.5, 0.6) is 0 Å². The Kier molecular flexibility index (Phi) is 7.15. The summed E-state index contributed by atoms with van der Waals surface area (Å²) < 4.78 is 29.8. The van der Waals surface area contributed by atoms with E-state index in [0.717, 1.165) is 16.5 Å².